The van der Waals surface area contributed by atoms with Gasteiger partial charge in [-0.15, -0.1) is 10.2 Å². The highest BCUT2D eigenvalue weighted by Gasteiger charge is 2.09. The van der Waals surface area contributed by atoms with Gasteiger partial charge in [0, 0.05) is 12.1 Å². The van der Waals surface area contributed by atoms with Crippen molar-refractivity contribution in [2.24, 2.45) is 0 Å². The zero-order valence-corrected chi connectivity index (χ0v) is 11.4. The summed E-state index contributed by atoms with van der Waals surface area (Å²) in [5.74, 6) is 1.70. The van der Waals surface area contributed by atoms with E-state index in [9.17, 15) is 0 Å². The number of hydrogen-bond donors (Lipinski definition) is 0. The van der Waals surface area contributed by atoms with Crippen LogP contribution in [-0.2, 0) is 6.54 Å². The molecular formula is C12H14BrN3O. The molecule has 0 aliphatic carbocycles. The van der Waals surface area contributed by atoms with Gasteiger partial charge in [0.2, 0.25) is 0 Å². The number of aryl methyl sites for hydroxylation is 1. The number of hydrogen-bond acceptors (Lipinski definition) is 3. The fourth-order valence-electron chi connectivity index (χ4n) is 1.69. The van der Waals surface area contributed by atoms with E-state index >= 15 is 0 Å². The molecule has 0 saturated heterocycles. The zero-order valence-electron chi connectivity index (χ0n) is 9.85. The average molecular weight is 296 g/mol. The lowest BCUT2D eigenvalue weighted by molar-refractivity contribution is 0.412. The maximum Gasteiger partial charge on any atom is 0.163 e. The van der Waals surface area contributed by atoms with Gasteiger partial charge in [-0.3, -0.25) is 0 Å². The molecule has 0 atom stereocenters. The van der Waals surface area contributed by atoms with Crippen molar-refractivity contribution in [3.8, 4) is 17.1 Å². The monoisotopic (exact) mass is 295 g/mol. The number of halogens is 1. The third-order valence-electron chi connectivity index (χ3n) is 2.49. The SMILES string of the molecule is CCCn1cnnc1-c1ccc(OC)c(Br)c1. The Hall–Kier alpha value is -1.36. The smallest absolute Gasteiger partial charge is 0.163 e. The van der Waals surface area contributed by atoms with E-state index in [0.717, 1.165) is 34.6 Å². The van der Waals surface area contributed by atoms with Crippen LogP contribution in [0.25, 0.3) is 11.4 Å². The Bertz CT molecular complexity index is 510. The molecule has 0 saturated carbocycles. The second kappa shape index (κ2) is 5.31. The maximum atomic E-state index is 5.21. The molecule has 0 fully saturated rings. The average Bonchev–Trinajstić information content (AvgIpc) is 2.78. The summed E-state index contributed by atoms with van der Waals surface area (Å²) in [7, 11) is 1.65. The van der Waals surface area contributed by atoms with Crippen molar-refractivity contribution in [3.63, 3.8) is 0 Å². The van der Waals surface area contributed by atoms with Crippen molar-refractivity contribution in [1.29, 1.82) is 0 Å². The first kappa shape index (κ1) is 12.1. The lowest BCUT2D eigenvalue weighted by atomic mass is 10.2. The molecule has 0 amide bonds. The van der Waals surface area contributed by atoms with Crippen molar-refractivity contribution in [1.82, 2.24) is 14.8 Å². The van der Waals surface area contributed by atoms with Gasteiger partial charge >= 0.3 is 0 Å². The van der Waals surface area contributed by atoms with Crippen LogP contribution in [0.5, 0.6) is 5.75 Å². The summed E-state index contributed by atoms with van der Waals surface area (Å²) in [6.07, 6.45) is 2.82. The molecule has 0 aliphatic rings. The lowest BCUT2D eigenvalue weighted by Crippen LogP contribution is -1.98. The molecule has 0 aliphatic heterocycles. The van der Waals surface area contributed by atoms with E-state index in [-0.39, 0.29) is 0 Å². The molecule has 90 valence electrons. The van der Waals surface area contributed by atoms with Gasteiger partial charge in [-0.05, 0) is 40.5 Å². The summed E-state index contributed by atoms with van der Waals surface area (Å²) in [5.41, 5.74) is 1.03. The second-order valence-corrected chi connectivity index (χ2v) is 4.55. The molecule has 0 radical (unpaired) electrons. The number of ether oxygens (including phenoxy) is 1. The van der Waals surface area contributed by atoms with E-state index in [0.29, 0.717) is 0 Å². The summed E-state index contributed by atoms with van der Waals surface area (Å²) in [4.78, 5) is 0. The van der Waals surface area contributed by atoms with E-state index in [1.165, 1.54) is 0 Å². The normalized spacial score (nSPS) is 10.5. The first-order chi connectivity index (χ1) is 8.26. The van der Waals surface area contributed by atoms with Crippen LogP contribution in [0.2, 0.25) is 0 Å². The molecule has 17 heavy (non-hydrogen) atoms. The third-order valence-corrected chi connectivity index (χ3v) is 3.11. The molecule has 0 unspecified atom stereocenters. The van der Waals surface area contributed by atoms with Gasteiger partial charge in [-0.25, -0.2) is 0 Å². The summed E-state index contributed by atoms with van der Waals surface area (Å²) >= 11 is 3.47. The van der Waals surface area contributed by atoms with E-state index in [1.807, 2.05) is 22.8 Å². The van der Waals surface area contributed by atoms with Gasteiger partial charge in [0.25, 0.3) is 0 Å². The maximum absolute atomic E-state index is 5.21. The van der Waals surface area contributed by atoms with Crippen LogP contribution in [0, 0.1) is 0 Å². The Morgan fingerprint density at radius 1 is 1.41 bits per heavy atom. The van der Waals surface area contributed by atoms with Crippen molar-refractivity contribution in [3.05, 3.63) is 29.0 Å². The quantitative estimate of drug-likeness (QED) is 0.870. The standard InChI is InChI=1S/C12H14BrN3O/c1-3-6-16-8-14-15-12(16)9-4-5-11(17-2)10(13)7-9/h4-5,7-8H,3,6H2,1-2H3. The molecule has 1 aromatic carbocycles. The van der Waals surface area contributed by atoms with E-state index in [1.54, 1.807) is 13.4 Å². The van der Waals surface area contributed by atoms with Gasteiger partial charge in [0.05, 0.1) is 11.6 Å². The number of benzene rings is 1. The predicted octanol–water partition coefficient (Wildman–Crippen LogP) is 3.13. The topological polar surface area (TPSA) is 39.9 Å². The van der Waals surface area contributed by atoms with E-state index < -0.39 is 0 Å². The molecule has 0 spiro atoms. The number of rotatable bonds is 4. The van der Waals surface area contributed by atoms with Crippen LogP contribution in [-0.4, -0.2) is 21.9 Å². The minimum atomic E-state index is 0.815. The van der Waals surface area contributed by atoms with Crippen molar-refractivity contribution in [2.75, 3.05) is 7.11 Å². The molecular weight excluding hydrogens is 282 g/mol. The second-order valence-electron chi connectivity index (χ2n) is 3.70. The number of methoxy groups -OCH3 is 1. The van der Waals surface area contributed by atoms with Gasteiger partial charge in [0.15, 0.2) is 5.82 Å². The summed E-state index contributed by atoms with van der Waals surface area (Å²) in [6.45, 7) is 3.06. The van der Waals surface area contributed by atoms with Gasteiger partial charge in [-0.1, -0.05) is 6.92 Å². The summed E-state index contributed by atoms with van der Waals surface area (Å²) in [5, 5.41) is 8.11. The highest BCUT2D eigenvalue weighted by Crippen LogP contribution is 2.29. The van der Waals surface area contributed by atoms with Crippen molar-refractivity contribution >= 4 is 15.9 Å². The van der Waals surface area contributed by atoms with Crippen LogP contribution in [0.3, 0.4) is 0 Å². The number of nitrogens with zero attached hydrogens (tertiary/aromatic N) is 3. The zero-order chi connectivity index (χ0) is 12.3. The molecule has 0 N–H and O–H groups in total. The lowest BCUT2D eigenvalue weighted by Gasteiger charge is -2.07. The van der Waals surface area contributed by atoms with Crippen LogP contribution >= 0.6 is 15.9 Å². The van der Waals surface area contributed by atoms with Gasteiger partial charge in [0.1, 0.15) is 12.1 Å². The molecule has 2 aromatic rings. The van der Waals surface area contributed by atoms with Gasteiger partial charge < -0.3 is 9.30 Å². The Kier molecular flexibility index (Phi) is 3.78. The van der Waals surface area contributed by atoms with Gasteiger partial charge in [-0.2, -0.15) is 0 Å². The third kappa shape index (κ3) is 2.49. The van der Waals surface area contributed by atoms with Crippen LogP contribution in [0.15, 0.2) is 29.0 Å². The number of aromatic nitrogens is 3. The van der Waals surface area contributed by atoms with Crippen LogP contribution in [0.1, 0.15) is 13.3 Å². The van der Waals surface area contributed by atoms with E-state index in [2.05, 4.69) is 33.1 Å². The molecule has 2 rings (SSSR count). The first-order valence-corrected chi connectivity index (χ1v) is 6.27. The van der Waals surface area contributed by atoms with Crippen LogP contribution < -0.4 is 4.74 Å². The Morgan fingerprint density at radius 2 is 2.24 bits per heavy atom. The van der Waals surface area contributed by atoms with Crippen LogP contribution in [0.4, 0.5) is 0 Å². The molecule has 4 nitrogen and oxygen atoms in total. The highest BCUT2D eigenvalue weighted by atomic mass is 79.9. The summed E-state index contributed by atoms with van der Waals surface area (Å²) in [6, 6.07) is 5.90. The molecule has 0 bridgehead atoms. The molecule has 1 aromatic heterocycles. The Morgan fingerprint density at radius 3 is 2.88 bits per heavy atom. The largest absolute Gasteiger partial charge is 0.496 e. The van der Waals surface area contributed by atoms with E-state index in [4.69, 9.17) is 4.74 Å². The Labute approximate surface area is 109 Å². The van der Waals surface area contributed by atoms with Crippen molar-refractivity contribution in [2.45, 2.75) is 19.9 Å². The molecule has 1 heterocycles. The van der Waals surface area contributed by atoms with Crippen molar-refractivity contribution < 1.29 is 4.74 Å². The minimum Gasteiger partial charge on any atom is -0.496 e. The fourth-order valence-corrected chi connectivity index (χ4v) is 2.23. The Balaban J connectivity index is 2.39. The summed E-state index contributed by atoms with van der Waals surface area (Å²) < 4.78 is 8.18. The first-order valence-electron chi connectivity index (χ1n) is 5.48. The fraction of sp³-hybridized carbons (Fsp3) is 0.333. The molecule has 5 heteroatoms. The highest BCUT2D eigenvalue weighted by molar-refractivity contribution is 9.10. The predicted molar refractivity (Wildman–Crippen MR) is 70.0 cm³/mol. The minimum absolute atomic E-state index is 0.815.